The molecule has 1 aromatic carbocycles. The summed E-state index contributed by atoms with van der Waals surface area (Å²) in [6.07, 6.45) is 2.16. The minimum atomic E-state index is -0.140. The van der Waals surface area contributed by atoms with E-state index >= 15 is 0 Å². The third-order valence-electron chi connectivity index (χ3n) is 3.14. The summed E-state index contributed by atoms with van der Waals surface area (Å²) in [6.45, 7) is 7.15. The normalized spacial score (nSPS) is 14.6. The van der Waals surface area contributed by atoms with Crippen molar-refractivity contribution in [2.75, 3.05) is 18.0 Å². The molecule has 98 valence electrons. The number of ether oxygens (including phenoxy) is 1. The van der Waals surface area contributed by atoms with Gasteiger partial charge < -0.3 is 9.64 Å². The van der Waals surface area contributed by atoms with E-state index in [1.165, 1.54) is 16.8 Å². The Bertz CT molecular complexity index is 440. The van der Waals surface area contributed by atoms with Gasteiger partial charge in [0.05, 0.1) is 6.10 Å². The van der Waals surface area contributed by atoms with Crippen LogP contribution in [0.2, 0.25) is 0 Å². The Morgan fingerprint density at radius 3 is 2.94 bits per heavy atom. The smallest absolute Gasteiger partial charge is 0.325 e. The van der Waals surface area contributed by atoms with Crippen LogP contribution in [0.3, 0.4) is 0 Å². The Kier molecular flexibility index (Phi) is 3.90. The topological polar surface area (TPSA) is 29.5 Å². The van der Waals surface area contributed by atoms with Gasteiger partial charge in [0, 0.05) is 12.2 Å². The SMILES string of the molecule is Cc1ccc2c(c1)CCCN2CC(=O)OC(C)C. The van der Waals surface area contributed by atoms with Crippen molar-refractivity contribution < 1.29 is 9.53 Å². The average molecular weight is 247 g/mol. The minimum absolute atomic E-state index is 0.0419. The number of hydrogen-bond acceptors (Lipinski definition) is 3. The van der Waals surface area contributed by atoms with Crippen molar-refractivity contribution in [1.29, 1.82) is 0 Å². The Balaban J connectivity index is 2.10. The molecule has 2 rings (SSSR count). The second-order valence-electron chi connectivity index (χ2n) is 5.20. The molecule has 3 heteroatoms. The number of aryl methyl sites for hydroxylation is 2. The van der Waals surface area contributed by atoms with Crippen LogP contribution in [0.1, 0.15) is 31.4 Å². The van der Waals surface area contributed by atoms with Crippen LogP contribution < -0.4 is 4.90 Å². The minimum Gasteiger partial charge on any atom is -0.462 e. The second-order valence-corrected chi connectivity index (χ2v) is 5.20. The number of carbonyl (C=O) groups excluding carboxylic acids is 1. The van der Waals surface area contributed by atoms with Crippen molar-refractivity contribution in [3.8, 4) is 0 Å². The summed E-state index contributed by atoms with van der Waals surface area (Å²) in [6, 6.07) is 6.44. The Morgan fingerprint density at radius 1 is 1.44 bits per heavy atom. The summed E-state index contributed by atoms with van der Waals surface area (Å²) < 4.78 is 5.21. The number of carbonyl (C=O) groups is 1. The first-order valence-electron chi connectivity index (χ1n) is 6.60. The lowest BCUT2D eigenvalue weighted by atomic mass is 10.00. The zero-order chi connectivity index (χ0) is 13.1. The maximum atomic E-state index is 11.7. The quantitative estimate of drug-likeness (QED) is 0.769. The van der Waals surface area contributed by atoms with Gasteiger partial charge in [-0.1, -0.05) is 17.7 Å². The molecule has 0 aromatic heterocycles. The largest absolute Gasteiger partial charge is 0.462 e. The summed E-state index contributed by atoms with van der Waals surface area (Å²) in [5.74, 6) is -0.140. The van der Waals surface area contributed by atoms with Gasteiger partial charge in [-0.15, -0.1) is 0 Å². The van der Waals surface area contributed by atoms with Gasteiger partial charge >= 0.3 is 5.97 Å². The standard InChI is InChI=1S/C15H21NO2/c1-11(2)18-15(17)10-16-8-4-5-13-9-12(3)6-7-14(13)16/h6-7,9,11H,4-5,8,10H2,1-3H3. The lowest BCUT2D eigenvalue weighted by Gasteiger charge is -2.30. The van der Waals surface area contributed by atoms with Gasteiger partial charge in [-0.25, -0.2) is 0 Å². The van der Waals surface area contributed by atoms with E-state index in [1.54, 1.807) is 0 Å². The Morgan fingerprint density at radius 2 is 2.22 bits per heavy atom. The molecule has 3 nitrogen and oxygen atoms in total. The number of benzene rings is 1. The maximum Gasteiger partial charge on any atom is 0.325 e. The van der Waals surface area contributed by atoms with E-state index in [1.807, 2.05) is 13.8 Å². The highest BCUT2D eigenvalue weighted by molar-refractivity contribution is 5.77. The molecule has 0 fully saturated rings. The molecule has 0 radical (unpaired) electrons. The molecule has 0 bridgehead atoms. The molecule has 1 heterocycles. The van der Waals surface area contributed by atoms with Crippen LogP contribution in [0.4, 0.5) is 5.69 Å². The van der Waals surface area contributed by atoms with Gasteiger partial charge in [-0.3, -0.25) is 4.79 Å². The van der Waals surface area contributed by atoms with Crippen molar-refractivity contribution in [3.05, 3.63) is 29.3 Å². The van der Waals surface area contributed by atoms with E-state index < -0.39 is 0 Å². The number of nitrogens with zero attached hydrogens (tertiary/aromatic N) is 1. The average Bonchev–Trinajstić information content (AvgIpc) is 2.27. The fourth-order valence-corrected chi connectivity index (χ4v) is 2.42. The number of esters is 1. The highest BCUT2D eigenvalue weighted by Gasteiger charge is 2.20. The molecule has 0 saturated heterocycles. The summed E-state index contributed by atoms with van der Waals surface area (Å²) >= 11 is 0. The van der Waals surface area contributed by atoms with Crippen LogP contribution in [0, 0.1) is 6.92 Å². The van der Waals surface area contributed by atoms with Crippen LogP contribution in [-0.2, 0) is 16.0 Å². The van der Waals surface area contributed by atoms with Gasteiger partial charge in [0.15, 0.2) is 0 Å². The van der Waals surface area contributed by atoms with E-state index in [9.17, 15) is 4.79 Å². The summed E-state index contributed by atoms with van der Waals surface area (Å²) in [5, 5.41) is 0. The monoisotopic (exact) mass is 247 g/mol. The molecule has 0 atom stereocenters. The Hall–Kier alpha value is -1.51. The van der Waals surface area contributed by atoms with Gasteiger partial charge in [0.25, 0.3) is 0 Å². The number of rotatable bonds is 3. The van der Waals surface area contributed by atoms with Crippen LogP contribution in [0.25, 0.3) is 0 Å². The molecule has 0 N–H and O–H groups in total. The lowest BCUT2D eigenvalue weighted by Crippen LogP contribution is -2.35. The van der Waals surface area contributed by atoms with Gasteiger partial charge in [0.2, 0.25) is 0 Å². The van der Waals surface area contributed by atoms with Crippen molar-refractivity contribution in [1.82, 2.24) is 0 Å². The van der Waals surface area contributed by atoms with Crippen molar-refractivity contribution >= 4 is 11.7 Å². The first-order valence-corrected chi connectivity index (χ1v) is 6.60. The maximum absolute atomic E-state index is 11.7. The molecular formula is C15H21NO2. The van der Waals surface area contributed by atoms with Gasteiger partial charge in [0.1, 0.15) is 6.54 Å². The molecule has 0 spiro atoms. The highest BCUT2D eigenvalue weighted by Crippen LogP contribution is 2.27. The van der Waals surface area contributed by atoms with Crippen LogP contribution >= 0.6 is 0 Å². The van der Waals surface area contributed by atoms with Crippen LogP contribution in [-0.4, -0.2) is 25.2 Å². The van der Waals surface area contributed by atoms with E-state index in [4.69, 9.17) is 4.74 Å². The van der Waals surface area contributed by atoms with Crippen molar-refractivity contribution in [3.63, 3.8) is 0 Å². The molecule has 0 aliphatic carbocycles. The number of fused-ring (bicyclic) bond motifs is 1. The first-order chi connectivity index (χ1) is 8.56. The second kappa shape index (κ2) is 5.42. The molecule has 1 aliphatic heterocycles. The number of hydrogen-bond donors (Lipinski definition) is 0. The van der Waals surface area contributed by atoms with E-state index in [-0.39, 0.29) is 12.1 Å². The zero-order valence-electron chi connectivity index (χ0n) is 11.4. The van der Waals surface area contributed by atoms with E-state index in [0.29, 0.717) is 6.54 Å². The summed E-state index contributed by atoms with van der Waals surface area (Å²) in [7, 11) is 0. The molecule has 1 aliphatic rings. The third kappa shape index (κ3) is 3.03. The Labute approximate surface area is 109 Å². The van der Waals surface area contributed by atoms with Crippen molar-refractivity contribution in [2.24, 2.45) is 0 Å². The van der Waals surface area contributed by atoms with Crippen LogP contribution in [0.5, 0.6) is 0 Å². The predicted octanol–water partition coefficient (Wildman–Crippen LogP) is 2.70. The van der Waals surface area contributed by atoms with E-state index in [2.05, 4.69) is 30.0 Å². The molecule has 0 amide bonds. The molecule has 0 saturated carbocycles. The molecule has 1 aromatic rings. The molecular weight excluding hydrogens is 226 g/mol. The number of anilines is 1. The van der Waals surface area contributed by atoms with Gasteiger partial charge in [-0.05, 0) is 45.2 Å². The lowest BCUT2D eigenvalue weighted by molar-refractivity contribution is -0.145. The third-order valence-corrected chi connectivity index (χ3v) is 3.14. The van der Waals surface area contributed by atoms with Gasteiger partial charge in [-0.2, -0.15) is 0 Å². The van der Waals surface area contributed by atoms with Crippen LogP contribution in [0.15, 0.2) is 18.2 Å². The van der Waals surface area contributed by atoms with E-state index in [0.717, 1.165) is 19.4 Å². The predicted molar refractivity (Wildman–Crippen MR) is 72.9 cm³/mol. The molecule has 0 unspecified atom stereocenters. The molecule has 18 heavy (non-hydrogen) atoms. The zero-order valence-corrected chi connectivity index (χ0v) is 11.4. The fraction of sp³-hybridized carbons (Fsp3) is 0.533. The summed E-state index contributed by atoms with van der Waals surface area (Å²) in [5.41, 5.74) is 3.81. The highest BCUT2D eigenvalue weighted by atomic mass is 16.5. The first kappa shape index (κ1) is 12.9. The summed E-state index contributed by atoms with van der Waals surface area (Å²) in [4.78, 5) is 13.9. The fourth-order valence-electron chi connectivity index (χ4n) is 2.42. The van der Waals surface area contributed by atoms with Crippen molar-refractivity contribution in [2.45, 2.75) is 39.7 Å².